The van der Waals surface area contributed by atoms with Crippen molar-refractivity contribution in [3.63, 3.8) is 0 Å². The van der Waals surface area contributed by atoms with Crippen molar-refractivity contribution in [2.45, 2.75) is 26.3 Å². The third kappa shape index (κ3) is 3.71. The molecule has 2 heterocycles. The van der Waals surface area contributed by atoms with Gasteiger partial charge in [-0.1, -0.05) is 6.92 Å². The van der Waals surface area contributed by atoms with E-state index in [1.807, 2.05) is 38.1 Å². The first-order valence-electron chi connectivity index (χ1n) is 8.13. The van der Waals surface area contributed by atoms with Crippen molar-refractivity contribution >= 4 is 5.91 Å². The second kappa shape index (κ2) is 7.21. The molecule has 0 aliphatic rings. The molecule has 0 bridgehead atoms. The van der Waals surface area contributed by atoms with Crippen LogP contribution in [-0.2, 0) is 0 Å². The summed E-state index contributed by atoms with van der Waals surface area (Å²) in [6, 6.07) is 9.08. The summed E-state index contributed by atoms with van der Waals surface area (Å²) in [7, 11) is 1.62. The van der Waals surface area contributed by atoms with Crippen LogP contribution < -0.4 is 10.1 Å². The summed E-state index contributed by atoms with van der Waals surface area (Å²) in [5.74, 6) is 1.31. The Morgan fingerprint density at radius 3 is 2.68 bits per heavy atom. The molecule has 7 nitrogen and oxygen atoms in total. The van der Waals surface area contributed by atoms with Gasteiger partial charge in [0.25, 0.3) is 5.91 Å². The number of aromatic amines is 2. The van der Waals surface area contributed by atoms with Gasteiger partial charge in [-0.3, -0.25) is 9.89 Å². The van der Waals surface area contributed by atoms with Crippen molar-refractivity contribution in [2.75, 3.05) is 7.11 Å². The zero-order chi connectivity index (χ0) is 17.8. The number of hydrogen-bond donors (Lipinski definition) is 3. The lowest BCUT2D eigenvalue weighted by Crippen LogP contribution is -2.29. The Morgan fingerprint density at radius 1 is 1.32 bits per heavy atom. The molecular weight excluding hydrogens is 318 g/mol. The van der Waals surface area contributed by atoms with Crippen LogP contribution in [0.5, 0.6) is 5.75 Å². The number of aromatic nitrogens is 4. The molecule has 0 saturated heterocycles. The first-order valence-corrected chi connectivity index (χ1v) is 8.13. The number of benzene rings is 1. The highest BCUT2D eigenvalue weighted by Crippen LogP contribution is 2.21. The topological polar surface area (TPSA) is 95.7 Å². The Balaban J connectivity index is 1.73. The van der Waals surface area contributed by atoms with Crippen LogP contribution in [0, 0.1) is 6.92 Å². The molecule has 0 radical (unpaired) electrons. The van der Waals surface area contributed by atoms with E-state index in [4.69, 9.17) is 4.74 Å². The first-order chi connectivity index (χ1) is 12.1. The van der Waals surface area contributed by atoms with Gasteiger partial charge in [0.2, 0.25) is 0 Å². The molecule has 1 aromatic carbocycles. The smallest absolute Gasteiger partial charge is 0.269 e. The van der Waals surface area contributed by atoms with Crippen molar-refractivity contribution in [2.24, 2.45) is 0 Å². The van der Waals surface area contributed by atoms with Gasteiger partial charge in [0.15, 0.2) is 0 Å². The van der Waals surface area contributed by atoms with Crippen LogP contribution in [0.15, 0.2) is 36.5 Å². The largest absolute Gasteiger partial charge is 0.497 e. The number of rotatable bonds is 6. The predicted molar refractivity (Wildman–Crippen MR) is 94.4 cm³/mol. The number of nitrogens with zero attached hydrogens (tertiary/aromatic N) is 2. The number of carbonyl (C=O) groups is 1. The molecule has 1 unspecified atom stereocenters. The number of hydrogen-bond acceptors (Lipinski definition) is 4. The molecule has 3 rings (SSSR count). The highest BCUT2D eigenvalue weighted by atomic mass is 16.5. The van der Waals surface area contributed by atoms with Gasteiger partial charge >= 0.3 is 0 Å². The molecule has 3 aromatic rings. The van der Waals surface area contributed by atoms with E-state index in [9.17, 15) is 4.79 Å². The van der Waals surface area contributed by atoms with Gasteiger partial charge in [0.05, 0.1) is 18.8 Å². The Morgan fingerprint density at radius 2 is 2.08 bits per heavy atom. The lowest BCUT2D eigenvalue weighted by molar-refractivity contribution is 0.0928. The molecule has 0 fully saturated rings. The van der Waals surface area contributed by atoms with Crippen LogP contribution in [0.25, 0.3) is 11.3 Å². The molecule has 1 amide bonds. The number of nitrogens with one attached hydrogen (secondary N) is 3. The van der Waals surface area contributed by atoms with Gasteiger partial charge in [-0.15, -0.1) is 0 Å². The molecule has 1 atom stereocenters. The summed E-state index contributed by atoms with van der Waals surface area (Å²) in [6.07, 6.45) is 2.49. The Bertz CT molecular complexity index is 850. The summed E-state index contributed by atoms with van der Waals surface area (Å²) in [5.41, 5.74) is 2.98. The zero-order valence-electron chi connectivity index (χ0n) is 14.5. The van der Waals surface area contributed by atoms with Gasteiger partial charge in [-0.05, 0) is 43.7 Å². The molecule has 25 heavy (non-hydrogen) atoms. The summed E-state index contributed by atoms with van der Waals surface area (Å²) in [6.45, 7) is 3.93. The van der Waals surface area contributed by atoms with E-state index >= 15 is 0 Å². The fraction of sp³-hybridized carbons (Fsp3) is 0.278. The van der Waals surface area contributed by atoms with Gasteiger partial charge in [-0.25, -0.2) is 4.98 Å². The SMILES string of the molecule is CCC(NC(=O)c1cc(-c2ccc(OC)cc2)n[nH]1)c1ncc(C)[nH]1. The Hall–Kier alpha value is -3.09. The van der Waals surface area contributed by atoms with Crippen molar-refractivity contribution in [3.05, 3.63) is 53.7 Å². The number of ether oxygens (including phenoxy) is 1. The molecule has 3 N–H and O–H groups in total. The molecule has 0 spiro atoms. The summed E-state index contributed by atoms with van der Waals surface area (Å²) in [4.78, 5) is 20.0. The zero-order valence-corrected chi connectivity index (χ0v) is 14.5. The molecule has 0 aliphatic heterocycles. The maximum Gasteiger partial charge on any atom is 0.269 e. The second-order valence-electron chi connectivity index (χ2n) is 5.78. The Labute approximate surface area is 145 Å². The van der Waals surface area contributed by atoms with E-state index < -0.39 is 0 Å². The predicted octanol–water partition coefficient (Wildman–Crippen LogP) is 3.00. The van der Waals surface area contributed by atoms with E-state index in [1.165, 1.54) is 0 Å². The monoisotopic (exact) mass is 339 g/mol. The van der Waals surface area contributed by atoms with E-state index in [1.54, 1.807) is 19.4 Å². The standard InChI is InChI=1S/C18H21N5O2/c1-4-14(17-19-10-11(2)20-17)21-18(24)16-9-15(22-23-16)12-5-7-13(25-3)8-6-12/h5-10,14H,4H2,1-3H3,(H,19,20)(H,21,24)(H,22,23). The van der Waals surface area contributed by atoms with Crippen LogP contribution in [-0.4, -0.2) is 33.2 Å². The fourth-order valence-electron chi connectivity index (χ4n) is 2.56. The van der Waals surface area contributed by atoms with E-state index in [0.717, 1.165) is 29.3 Å². The number of aryl methyl sites for hydroxylation is 1. The van der Waals surface area contributed by atoms with Crippen LogP contribution in [0.2, 0.25) is 0 Å². The van der Waals surface area contributed by atoms with Crippen LogP contribution in [0.3, 0.4) is 0 Å². The molecular formula is C18H21N5O2. The number of H-pyrrole nitrogens is 2. The van der Waals surface area contributed by atoms with Gasteiger partial charge in [0.1, 0.15) is 17.3 Å². The van der Waals surface area contributed by atoms with Gasteiger partial charge < -0.3 is 15.0 Å². The van der Waals surface area contributed by atoms with Crippen molar-refractivity contribution in [3.8, 4) is 17.0 Å². The maximum atomic E-state index is 12.5. The highest BCUT2D eigenvalue weighted by Gasteiger charge is 2.18. The number of methoxy groups -OCH3 is 1. The van der Waals surface area contributed by atoms with E-state index in [-0.39, 0.29) is 11.9 Å². The molecule has 130 valence electrons. The molecule has 2 aromatic heterocycles. The minimum Gasteiger partial charge on any atom is -0.497 e. The van der Waals surface area contributed by atoms with Gasteiger partial charge in [-0.2, -0.15) is 5.10 Å². The molecule has 7 heteroatoms. The second-order valence-corrected chi connectivity index (χ2v) is 5.78. The van der Waals surface area contributed by atoms with Crippen LogP contribution in [0.1, 0.15) is 41.4 Å². The summed E-state index contributed by atoms with van der Waals surface area (Å²) < 4.78 is 5.15. The highest BCUT2D eigenvalue weighted by molar-refractivity contribution is 5.93. The quantitative estimate of drug-likeness (QED) is 0.643. The fourth-order valence-corrected chi connectivity index (χ4v) is 2.56. The average Bonchev–Trinajstić information content (AvgIpc) is 3.29. The summed E-state index contributed by atoms with van der Waals surface area (Å²) >= 11 is 0. The number of amides is 1. The Kier molecular flexibility index (Phi) is 4.83. The molecule has 0 aliphatic carbocycles. The van der Waals surface area contributed by atoms with Crippen LogP contribution >= 0.6 is 0 Å². The number of imidazole rings is 1. The minimum atomic E-state index is -0.215. The van der Waals surface area contributed by atoms with Crippen molar-refractivity contribution < 1.29 is 9.53 Å². The van der Waals surface area contributed by atoms with E-state index in [2.05, 4.69) is 25.5 Å². The maximum absolute atomic E-state index is 12.5. The van der Waals surface area contributed by atoms with Gasteiger partial charge in [0, 0.05) is 17.5 Å². The third-order valence-electron chi connectivity index (χ3n) is 3.97. The average molecular weight is 339 g/mol. The lowest BCUT2D eigenvalue weighted by atomic mass is 10.1. The normalized spacial score (nSPS) is 12.0. The summed E-state index contributed by atoms with van der Waals surface area (Å²) in [5, 5.41) is 9.99. The third-order valence-corrected chi connectivity index (χ3v) is 3.97. The first kappa shape index (κ1) is 16.8. The number of carbonyl (C=O) groups excluding carboxylic acids is 1. The molecule has 0 saturated carbocycles. The minimum absolute atomic E-state index is 0.172. The van der Waals surface area contributed by atoms with E-state index in [0.29, 0.717) is 11.4 Å². The van der Waals surface area contributed by atoms with Crippen LogP contribution in [0.4, 0.5) is 0 Å². The van der Waals surface area contributed by atoms with Crippen molar-refractivity contribution in [1.29, 1.82) is 0 Å². The lowest BCUT2D eigenvalue weighted by Gasteiger charge is -2.13. The van der Waals surface area contributed by atoms with Crippen molar-refractivity contribution in [1.82, 2.24) is 25.5 Å².